The van der Waals surface area contributed by atoms with Crippen molar-refractivity contribution in [1.29, 1.82) is 0 Å². The standard InChI is InChI=1S/C12H16IN3O2/c1-8-9(13)3-4-10(15-8)16-11(17)12(2)7-14-5-6-18-12/h3-4,14H,5-7H2,1-2H3,(H,15,16,17). The van der Waals surface area contributed by atoms with E-state index in [1.165, 1.54) is 0 Å². The lowest BCUT2D eigenvalue weighted by atomic mass is 10.0. The molecule has 5 nitrogen and oxygen atoms in total. The Labute approximate surface area is 120 Å². The molecule has 1 aliphatic rings. The molecule has 1 unspecified atom stereocenters. The number of halogens is 1. The van der Waals surface area contributed by atoms with Gasteiger partial charge in [-0.25, -0.2) is 4.98 Å². The molecule has 0 aromatic carbocycles. The van der Waals surface area contributed by atoms with Gasteiger partial charge in [-0.1, -0.05) is 0 Å². The first-order valence-corrected chi connectivity index (χ1v) is 6.88. The van der Waals surface area contributed by atoms with Gasteiger partial charge in [0.05, 0.1) is 12.3 Å². The van der Waals surface area contributed by atoms with Crippen molar-refractivity contribution >= 4 is 34.3 Å². The van der Waals surface area contributed by atoms with Gasteiger partial charge in [-0.2, -0.15) is 0 Å². The molecule has 1 atom stereocenters. The molecule has 0 saturated carbocycles. The van der Waals surface area contributed by atoms with Crippen LogP contribution in [0.2, 0.25) is 0 Å². The van der Waals surface area contributed by atoms with E-state index in [1.807, 2.05) is 13.0 Å². The Hall–Kier alpha value is -0.730. The number of ether oxygens (including phenoxy) is 1. The van der Waals surface area contributed by atoms with Crippen molar-refractivity contribution in [3.05, 3.63) is 21.4 Å². The lowest BCUT2D eigenvalue weighted by molar-refractivity contribution is -0.142. The third-order valence-corrected chi connectivity index (χ3v) is 4.05. The van der Waals surface area contributed by atoms with E-state index in [1.54, 1.807) is 13.0 Å². The van der Waals surface area contributed by atoms with Crippen LogP contribution in [0.3, 0.4) is 0 Å². The number of rotatable bonds is 2. The van der Waals surface area contributed by atoms with Gasteiger partial charge in [0.2, 0.25) is 0 Å². The van der Waals surface area contributed by atoms with E-state index >= 15 is 0 Å². The Morgan fingerprint density at radius 3 is 3.00 bits per heavy atom. The van der Waals surface area contributed by atoms with Gasteiger partial charge in [-0.05, 0) is 48.6 Å². The van der Waals surface area contributed by atoms with E-state index in [0.717, 1.165) is 15.8 Å². The molecule has 6 heteroatoms. The topological polar surface area (TPSA) is 63.2 Å². The zero-order valence-electron chi connectivity index (χ0n) is 10.4. The van der Waals surface area contributed by atoms with Crippen LogP contribution in [-0.4, -0.2) is 36.2 Å². The number of anilines is 1. The fourth-order valence-electron chi connectivity index (χ4n) is 1.73. The number of morpholine rings is 1. The Bertz CT molecular complexity index is 459. The van der Waals surface area contributed by atoms with Gasteiger partial charge in [0.1, 0.15) is 5.82 Å². The predicted molar refractivity (Wildman–Crippen MR) is 77.5 cm³/mol. The van der Waals surface area contributed by atoms with Crippen molar-refractivity contribution in [3.8, 4) is 0 Å². The molecule has 18 heavy (non-hydrogen) atoms. The molecule has 2 N–H and O–H groups in total. The Morgan fingerprint density at radius 1 is 1.61 bits per heavy atom. The summed E-state index contributed by atoms with van der Waals surface area (Å²) in [5, 5.41) is 5.96. The summed E-state index contributed by atoms with van der Waals surface area (Å²) >= 11 is 2.21. The number of amides is 1. The van der Waals surface area contributed by atoms with Crippen LogP contribution in [0.25, 0.3) is 0 Å². The van der Waals surface area contributed by atoms with Crippen LogP contribution in [0.4, 0.5) is 5.82 Å². The second-order valence-corrected chi connectivity index (χ2v) is 5.64. The van der Waals surface area contributed by atoms with Crippen molar-refractivity contribution in [2.45, 2.75) is 19.4 Å². The maximum atomic E-state index is 12.2. The van der Waals surface area contributed by atoms with Crippen molar-refractivity contribution in [3.63, 3.8) is 0 Å². The first-order valence-electron chi connectivity index (χ1n) is 5.80. The van der Waals surface area contributed by atoms with Crippen molar-refractivity contribution in [2.75, 3.05) is 25.0 Å². The smallest absolute Gasteiger partial charge is 0.258 e. The Morgan fingerprint density at radius 2 is 2.39 bits per heavy atom. The molecule has 2 heterocycles. The summed E-state index contributed by atoms with van der Waals surface area (Å²) in [6.07, 6.45) is 0. The summed E-state index contributed by atoms with van der Waals surface area (Å²) in [6.45, 7) is 5.54. The van der Waals surface area contributed by atoms with E-state index in [4.69, 9.17) is 4.74 Å². The summed E-state index contributed by atoms with van der Waals surface area (Å²) in [7, 11) is 0. The zero-order valence-corrected chi connectivity index (χ0v) is 12.6. The summed E-state index contributed by atoms with van der Waals surface area (Å²) in [4.78, 5) is 16.5. The predicted octanol–water partition coefficient (Wildman–Crippen LogP) is 1.31. The first-order chi connectivity index (χ1) is 8.51. The average Bonchev–Trinajstić information content (AvgIpc) is 2.35. The minimum atomic E-state index is -0.823. The average molecular weight is 361 g/mol. The molecule has 0 bridgehead atoms. The highest BCUT2D eigenvalue weighted by Gasteiger charge is 2.36. The molecule has 98 valence electrons. The number of pyridine rings is 1. The lowest BCUT2D eigenvalue weighted by Gasteiger charge is -2.32. The molecular weight excluding hydrogens is 345 g/mol. The third-order valence-electron chi connectivity index (χ3n) is 2.91. The van der Waals surface area contributed by atoms with E-state index in [0.29, 0.717) is 19.0 Å². The van der Waals surface area contributed by atoms with E-state index in [9.17, 15) is 4.79 Å². The van der Waals surface area contributed by atoms with Crippen LogP contribution in [0.1, 0.15) is 12.6 Å². The molecule has 0 radical (unpaired) electrons. The first kappa shape index (κ1) is 13.7. The summed E-state index contributed by atoms with van der Waals surface area (Å²) in [5.41, 5.74) is 0.0813. The van der Waals surface area contributed by atoms with Crippen molar-refractivity contribution in [1.82, 2.24) is 10.3 Å². The second kappa shape index (κ2) is 5.50. The highest BCUT2D eigenvalue weighted by atomic mass is 127. The van der Waals surface area contributed by atoms with Crippen LogP contribution in [0.15, 0.2) is 12.1 Å². The molecule has 2 rings (SSSR count). The number of carbonyl (C=O) groups is 1. The lowest BCUT2D eigenvalue weighted by Crippen LogP contribution is -2.55. The largest absolute Gasteiger partial charge is 0.363 e. The number of nitrogens with zero attached hydrogens (tertiary/aromatic N) is 1. The SMILES string of the molecule is Cc1nc(NC(=O)C2(C)CNCCO2)ccc1I. The fraction of sp³-hybridized carbons (Fsp3) is 0.500. The number of aromatic nitrogens is 1. The summed E-state index contributed by atoms with van der Waals surface area (Å²) in [5.74, 6) is 0.399. The zero-order chi connectivity index (χ0) is 13.2. The molecule has 1 amide bonds. The maximum Gasteiger partial charge on any atom is 0.258 e. The van der Waals surface area contributed by atoms with Crippen molar-refractivity contribution in [2.24, 2.45) is 0 Å². The number of nitrogens with one attached hydrogen (secondary N) is 2. The number of carbonyl (C=O) groups excluding carboxylic acids is 1. The van der Waals surface area contributed by atoms with E-state index in [-0.39, 0.29) is 5.91 Å². The monoisotopic (exact) mass is 361 g/mol. The van der Waals surface area contributed by atoms with Gasteiger partial charge < -0.3 is 15.4 Å². The highest BCUT2D eigenvalue weighted by molar-refractivity contribution is 14.1. The number of hydrogen-bond donors (Lipinski definition) is 2. The Kier molecular flexibility index (Phi) is 4.18. The molecule has 1 saturated heterocycles. The summed E-state index contributed by atoms with van der Waals surface area (Å²) in [6, 6.07) is 3.73. The Balaban J connectivity index is 2.08. The molecule has 0 aliphatic carbocycles. The van der Waals surface area contributed by atoms with E-state index < -0.39 is 5.60 Å². The molecule has 1 aromatic heterocycles. The molecule has 1 aromatic rings. The maximum absolute atomic E-state index is 12.2. The van der Waals surface area contributed by atoms with Crippen LogP contribution < -0.4 is 10.6 Å². The highest BCUT2D eigenvalue weighted by Crippen LogP contribution is 2.17. The normalized spacial score (nSPS) is 23.7. The van der Waals surface area contributed by atoms with Crippen LogP contribution in [0.5, 0.6) is 0 Å². The van der Waals surface area contributed by atoms with Gasteiger partial charge in [0.15, 0.2) is 5.60 Å². The molecule has 1 fully saturated rings. The minimum absolute atomic E-state index is 0.164. The number of hydrogen-bond acceptors (Lipinski definition) is 4. The molecule has 1 aliphatic heterocycles. The van der Waals surface area contributed by atoms with Crippen LogP contribution in [-0.2, 0) is 9.53 Å². The molecular formula is C12H16IN3O2. The quantitative estimate of drug-likeness (QED) is 0.780. The van der Waals surface area contributed by atoms with Crippen molar-refractivity contribution < 1.29 is 9.53 Å². The van der Waals surface area contributed by atoms with Gasteiger partial charge in [-0.15, -0.1) is 0 Å². The van der Waals surface area contributed by atoms with Gasteiger partial charge >= 0.3 is 0 Å². The van der Waals surface area contributed by atoms with Gasteiger partial charge in [-0.3, -0.25) is 4.79 Å². The van der Waals surface area contributed by atoms with E-state index in [2.05, 4.69) is 38.2 Å². The van der Waals surface area contributed by atoms with Gasteiger partial charge in [0, 0.05) is 16.7 Å². The summed E-state index contributed by atoms with van der Waals surface area (Å²) < 4.78 is 6.63. The number of aryl methyl sites for hydroxylation is 1. The minimum Gasteiger partial charge on any atom is -0.363 e. The third kappa shape index (κ3) is 2.99. The van der Waals surface area contributed by atoms with Crippen LogP contribution in [0, 0.1) is 10.5 Å². The fourth-order valence-corrected chi connectivity index (χ4v) is 2.03. The molecule has 0 spiro atoms. The van der Waals surface area contributed by atoms with Gasteiger partial charge in [0.25, 0.3) is 5.91 Å². The second-order valence-electron chi connectivity index (χ2n) is 4.47. The van der Waals surface area contributed by atoms with Crippen LogP contribution >= 0.6 is 22.6 Å².